The molecule has 0 atom stereocenters. The highest BCUT2D eigenvalue weighted by atomic mass is 15.2. The number of nitrogens with zero attached hydrogens (tertiary/aromatic N) is 2. The van der Waals surface area contributed by atoms with Crippen LogP contribution in [0.15, 0.2) is 36.5 Å². The molecule has 0 unspecified atom stereocenters. The molecule has 1 aromatic carbocycles. The number of benzene rings is 1. The van der Waals surface area contributed by atoms with Crippen LogP contribution in [0.4, 0.5) is 11.5 Å². The van der Waals surface area contributed by atoms with Crippen LogP contribution in [-0.2, 0) is 6.54 Å². The second kappa shape index (κ2) is 4.61. The molecule has 82 valence electrons. The molecule has 0 aliphatic heterocycles. The van der Waals surface area contributed by atoms with Gasteiger partial charge in [0.1, 0.15) is 5.82 Å². The molecule has 4 nitrogen and oxygen atoms in total. The Hall–Kier alpha value is -2.10. The lowest BCUT2D eigenvalue weighted by Crippen LogP contribution is -2.02. The third-order valence-electron chi connectivity index (χ3n) is 2.24. The van der Waals surface area contributed by atoms with Crippen molar-refractivity contribution < 1.29 is 0 Å². The van der Waals surface area contributed by atoms with E-state index < -0.39 is 0 Å². The summed E-state index contributed by atoms with van der Waals surface area (Å²) in [7, 11) is 0. The first-order chi connectivity index (χ1) is 7.74. The first kappa shape index (κ1) is 10.4. The van der Waals surface area contributed by atoms with Crippen molar-refractivity contribution in [2.24, 2.45) is 0 Å². The third-order valence-corrected chi connectivity index (χ3v) is 2.24. The molecule has 2 aromatic rings. The van der Waals surface area contributed by atoms with Crippen molar-refractivity contribution in [1.29, 1.82) is 0 Å². The van der Waals surface area contributed by atoms with Gasteiger partial charge in [-0.25, -0.2) is 0 Å². The number of aryl methyl sites for hydroxylation is 1. The molecule has 2 rings (SSSR count). The number of hydrogen-bond acceptors (Lipinski definition) is 4. The first-order valence-electron chi connectivity index (χ1n) is 5.11. The zero-order chi connectivity index (χ0) is 11.4. The first-order valence-corrected chi connectivity index (χ1v) is 5.11. The average Bonchev–Trinajstić information content (AvgIpc) is 2.28. The van der Waals surface area contributed by atoms with E-state index in [1.165, 1.54) is 0 Å². The van der Waals surface area contributed by atoms with Gasteiger partial charge in [-0.3, -0.25) is 0 Å². The Morgan fingerprint density at radius 2 is 2.00 bits per heavy atom. The Morgan fingerprint density at radius 3 is 2.69 bits per heavy atom. The van der Waals surface area contributed by atoms with E-state index in [0.717, 1.165) is 29.2 Å². The van der Waals surface area contributed by atoms with Crippen LogP contribution in [0, 0.1) is 6.92 Å². The van der Waals surface area contributed by atoms with Crippen molar-refractivity contribution in [1.82, 2.24) is 10.2 Å². The summed E-state index contributed by atoms with van der Waals surface area (Å²) in [5.74, 6) is 0.789. The van der Waals surface area contributed by atoms with Crippen molar-refractivity contribution in [2.45, 2.75) is 13.5 Å². The van der Waals surface area contributed by atoms with Gasteiger partial charge in [-0.1, -0.05) is 12.1 Å². The normalized spacial score (nSPS) is 10.1. The lowest BCUT2D eigenvalue weighted by atomic mass is 10.2. The van der Waals surface area contributed by atoms with Crippen LogP contribution in [0.25, 0.3) is 0 Å². The Bertz CT molecular complexity index is 465. The number of nitrogens with one attached hydrogen (secondary N) is 1. The summed E-state index contributed by atoms with van der Waals surface area (Å²) in [5.41, 5.74) is 8.64. The molecular weight excluding hydrogens is 200 g/mol. The molecule has 16 heavy (non-hydrogen) atoms. The monoisotopic (exact) mass is 214 g/mol. The zero-order valence-electron chi connectivity index (χ0n) is 9.14. The molecule has 0 amide bonds. The Kier molecular flexibility index (Phi) is 3.00. The van der Waals surface area contributed by atoms with Crippen molar-refractivity contribution >= 4 is 11.5 Å². The smallest absolute Gasteiger partial charge is 0.149 e. The molecule has 0 saturated heterocycles. The standard InChI is InChI=1S/C12H14N4/c1-9-6-12(16-15-7-9)14-8-10-2-4-11(13)5-3-10/h2-7H,8,13H2,1H3,(H,14,16). The summed E-state index contributed by atoms with van der Waals surface area (Å²) in [4.78, 5) is 0. The van der Waals surface area contributed by atoms with Gasteiger partial charge >= 0.3 is 0 Å². The van der Waals surface area contributed by atoms with Crippen molar-refractivity contribution in [3.63, 3.8) is 0 Å². The molecule has 0 bridgehead atoms. The summed E-state index contributed by atoms with van der Waals surface area (Å²) in [6, 6.07) is 9.72. The van der Waals surface area contributed by atoms with Crippen LogP contribution in [0.1, 0.15) is 11.1 Å². The summed E-state index contributed by atoms with van der Waals surface area (Å²) < 4.78 is 0. The largest absolute Gasteiger partial charge is 0.399 e. The van der Waals surface area contributed by atoms with E-state index in [9.17, 15) is 0 Å². The third kappa shape index (κ3) is 2.70. The van der Waals surface area contributed by atoms with Gasteiger partial charge in [0, 0.05) is 12.2 Å². The van der Waals surface area contributed by atoms with Crippen molar-refractivity contribution in [2.75, 3.05) is 11.1 Å². The van der Waals surface area contributed by atoms with E-state index in [1.807, 2.05) is 37.3 Å². The number of nitrogens with two attached hydrogens (primary N) is 1. The summed E-state index contributed by atoms with van der Waals surface area (Å²) >= 11 is 0. The molecule has 0 radical (unpaired) electrons. The number of nitrogen functional groups attached to an aromatic ring is 1. The van der Waals surface area contributed by atoms with Gasteiger partial charge in [-0.05, 0) is 36.2 Å². The topological polar surface area (TPSA) is 63.8 Å². The minimum atomic E-state index is 0.721. The van der Waals surface area contributed by atoms with E-state index in [2.05, 4.69) is 15.5 Å². The van der Waals surface area contributed by atoms with E-state index in [1.54, 1.807) is 6.20 Å². The summed E-state index contributed by atoms with van der Waals surface area (Å²) in [6.45, 7) is 2.71. The van der Waals surface area contributed by atoms with Gasteiger partial charge in [-0.15, -0.1) is 5.10 Å². The minimum Gasteiger partial charge on any atom is -0.399 e. The van der Waals surface area contributed by atoms with Gasteiger partial charge in [0.25, 0.3) is 0 Å². The van der Waals surface area contributed by atoms with Gasteiger partial charge in [0.2, 0.25) is 0 Å². The van der Waals surface area contributed by atoms with Crippen LogP contribution in [0.5, 0.6) is 0 Å². The fourth-order valence-electron chi connectivity index (χ4n) is 1.38. The highest BCUT2D eigenvalue weighted by molar-refractivity contribution is 5.41. The number of aromatic nitrogens is 2. The minimum absolute atomic E-state index is 0.721. The molecule has 0 aliphatic rings. The predicted octanol–water partition coefficient (Wildman–Crippen LogP) is 1.98. The fraction of sp³-hybridized carbons (Fsp3) is 0.167. The number of anilines is 2. The Balaban J connectivity index is 1.99. The second-order valence-corrected chi connectivity index (χ2v) is 3.71. The fourth-order valence-corrected chi connectivity index (χ4v) is 1.38. The lowest BCUT2D eigenvalue weighted by molar-refractivity contribution is 0.988. The maximum atomic E-state index is 5.61. The maximum Gasteiger partial charge on any atom is 0.149 e. The van der Waals surface area contributed by atoms with Crippen molar-refractivity contribution in [3.8, 4) is 0 Å². The summed E-state index contributed by atoms with van der Waals surface area (Å²) in [5, 5.41) is 11.1. The predicted molar refractivity (Wildman–Crippen MR) is 65.0 cm³/mol. The van der Waals surface area contributed by atoms with Crippen LogP contribution in [-0.4, -0.2) is 10.2 Å². The molecule has 0 fully saturated rings. The zero-order valence-corrected chi connectivity index (χ0v) is 9.14. The molecule has 1 heterocycles. The van der Waals surface area contributed by atoms with Crippen molar-refractivity contribution in [3.05, 3.63) is 47.7 Å². The molecule has 0 saturated carbocycles. The maximum absolute atomic E-state index is 5.61. The van der Waals surface area contributed by atoms with E-state index >= 15 is 0 Å². The Labute approximate surface area is 94.5 Å². The highest BCUT2D eigenvalue weighted by Crippen LogP contribution is 2.08. The van der Waals surface area contributed by atoms with Crippen LogP contribution >= 0.6 is 0 Å². The van der Waals surface area contributed by atoms with E-state index in [-0.39, 0.29) is 0 Å². The van der Waals surface area contributed by atoms with Gasteiger partial charge in [0.05, 0.1) is 6.20 Å². The van der Waals surface area contributed by atoms with E-state index in [4.69, 9.17) is 5.73 Å². The molecular formula is C12H14N4. The van der Waals surface area contributed by atoms with Crippen LogP contribution in [0.2, 0.25) is 0 Å². The number of hydrogen-bond donors (Lipinski definition) is 2. The Morgan fingerprint density at radius 1 is 1.25 bits per heavy atom. The summed E-state index contributed by atoms with van der Waals surface area (Å²) in [6.07, 6.45) is 1.73. The van der Waals surface area contributed by atoms with Crippen LogP contribution in [0.3, 0.4) is 0 Å². The van der Waals surface area contributed by atoms with Gasteiger partial charge in [-0.2, -0.15) is 5.10 Å². The number of rotatable bonds is 3. The quantitative estimate of drug-likeness (QED) is 0.767. The van der Waals surface area contributed by atoms with Gasteiger partial charge in [0.15, 0.2) is 0 Å². The molecule has 3 N–H and O–H groups in total. The van der Waals surface area contributed by atoms with Crippen LogP contribution < -0.4 is 11.1 Å². The second-order valence-electron chi connectivity index (χ2n) is 3.71. The average molecular weight is 214 g/mol. The molecule has 4 heteroatoms. The molecule has 1 aromatic heterocycles. The van der Waals surface area contributed by atoms with E-state index in [0.29, 0.717) is 0 Å². The molecule has 0 spiro atoms. The highest BCUT2D eigenvalue weighted by Gasteiger charge is 1.96. The SMILES string of the molecule is Cc1cnnc(NCc2ccc(N)cc2)c1. The lowest BCUT2D eigenvalue weighted by Gasteiger charge is -2.05. The van der Waals surface area contributed by atoms with Gasteiger partial charge < -0.3 is 11.1 Å². The molecule has 0 aliphatic carbocycles.